The number of benzene rings is 2. The number of hydrogen-bond acceptors (Lipinski definition) is 4. The third-order valence-electron chi connectivity index (χ3n) is 3.43. The molecule has 0 spiro atoms. The van der Waals surface area contributed by atoms with Crippen molar-refractivity contribution in [2.75, 3.05) is 13.6 Å². The molecule has 0 unspecified atom stereocenters. The van der Waals surface area contributed by atoms with Gasteiger partial charge in [0.1, 0.15) is 0 Å². The van der Waals surface area contributed by atoms with Crippen molar-refractivity contribution in [3.63, 3.8) is 0 Å². The summed E-state index contributed by atoms with van der Waals surface area (Å²) in [7, 11) is 2.04. The Hall–Kier alpha value is -2.66. The van der Waals surface area contributed by atoms with Gasteiger partial charge in [-0.15, -0.1) is 0 Å². The molecule has 2 aromatic carbocycles. The molecule has 0 saturated heterocycles. The second kappa shape index (κ2) is 6.41. The molecule has 0 N–H and O–H groups in total. The second-order valence-corrected chi connectivity index (χ2v) is 5.26. The summed E-state index contributed by atoms with van der Waals surface area (Å²) in [4.78, 5) is 2.61. The molecule has 112 valence electrons. The summed E-state index contributed by atoms with van der Waals surface area (Å²) in [5.74, 6) is 0. The molecule has 3 rings (SSSR count). The van der Waals surface area contributed by atoms with Crippen LogP contribution in [-0.4, -0.2) is 23.6 Å². The molecule has 0 bridgehead atoms. The van der Waals surface area contributed by atoms with E-state index in [1.807, 2.05) is 37.4 Å². The van der Waals surface area contributed by atoms with E-state index >= 15 is 0 Å². The van der Waals surface area contributed by atoms with E-state index in [0.29, 0.717) is 15.9 Å². The van der Waals surface area contributed by atoms with Crippen molar-refractivity contribution < 1.29 is 9.53 Å². The zero-order valence-corrected chi connectivity index (χ0v) is 12.3. The fourth-order valence-corrected chi connectivity index (χ4v) is 2.32. The lowest BCUT2D eigenvalue weighted by atomic mass is 10.2. The zero-order valence-electron chi connectivity index (χ0n) is 12.3. The van der Waals surface area contributed by atoms with Gasteiger partial charge in [0.25, 0.3) is 0 Å². The lowest BCUT2D eigenvalue weighted by Crippen LogP contribution is -2.23. The Morgan fingerprint density at radius 3 is 2.86 bits per heavy atom. The molecule has 0 amide bonds. The average Bonchev–Trinajstić information content (AvgIpc) is 2.89. The van der Waals surface area contributed by atoms with Crippen LogP contribution in [0.2, 0.25) is 0 Å². The summed E-state index contributed by atoms with van der Waals surface area (Å²) in [6.45, 7) is 1.58. The van der Waals surface area contributed by atoms with Gasteiger partial charge in [-0.25, -0.2) is 0 Å². The summed E-state index contributed by atoms with van der Waals surface area (Å²) in [5, 5.41) is 15.1. The van der Waals surface area contributed by atoms with Crippen molar-refractivity contribution in [1.29, 1.82) is 0 Å². The first-order valence-corrected chi connectivity index (χ1v) is 7.11. The molecule has 0 saturated carbocycles. The van der Waals surface area contributed by atoms with E-state index in [2.05, 4.69) is 39.0 Å². The third kappa shape index (κ3) is 3.32. The molecule has 0 aliphatic heterocycles. The van der Waals surface area contributed by atoms with Crippen LogP contribution in [0, 0.1) is 5.21 Å². The topological polar surface area (TPSA) is 56.2 Å². The van der Waals surface area contributed by atoms with Crippen molar-refractivity contribution in [3.8, 4) is 0 Å². The van der Waals surface area contributed by atoms with Crippen molar-refractivity contribution >= 4 is 17.1 Å². The SMILES string of the molecule is CN(C/C=C/c1ccccc1)Cc1ccc2no[n+]([O-])c2c1. The van der Waals surface area contributed by atoms with Crippen LogP contribution in [0.25, 0.3) is 17.1 Å². The lowest BCUT2D eigenvalue weighted by Gasteiger charge is -2.13. The van der Waals surface area contributed by atoms with E-state index < -0.39 is 0 Å². The fraction of sp³-hybridized carbons (Fsp3) is 0.176. The molecule has 0 fully saturated rings. The Bertz CT molecular complexity index is 781. The summed E-state index contributed by atoms with van der Waals surface area (Å²) < 4.78 is 4.58. The van der Waals surface area contributed by atoms with Gasteiger partial charge in [0.05, 0.1) is 0 Å². The van der Waals surface area contributed by atoms with E-state index in [1.165, 1.54) is 5.56 Å². The molecule has 3 aromatic rings. The van der Waals surface area contributed by atoms with E-state index in [9.17, 15) is 5.21 Å². The molecular formula is C17H17N3O2. The Labute approximate surface area is 128 Å². The van der Waals surface area contributed by atoms with E-state index in [1.54, 1.807) is 6.07 Å². The summed E-state index contributed by atoms with van der Waals surface area (Å²) in [5.41, 5.74) is 3.28. The van der Waals surface area contributed by atoms with Crippen LogP contribution in [-0.2, 0) is 6.54 Å². The van der Waals surface area contributed by atoms with Crippen LogP contribution in [0.4, 0.5) is 0 Å². The fourth-order valence-electron chi connectivity index (χ4n) is 2.32. The standard InChI is InChI=1S/C17H17N3O2/c1-19(11-5-8-14-6-3-2-4-7-14)13-15-9-10-16-17(12-15)20(21)22-18-16/h2-10,12H,11,13H2,1H3/b8-5+. The maximum atomic E-state index is 11.4. The van der Waals surface area contributed by atoms with Crippen LogP contribution >= 0.6 is 0 Å². The molecule has 0 aliphatic rings. The van der Waals surface area contributed by atoms with Gasteiger partial charge in [0, 0.05) is 18.2 Å². The highest BCUT2D eigenvalue weighted by atomic mass is 16.8. The Morgan fingerprint density at radius 1 is 1.23 bits per heavy atom. The lowest BCUT2D eigenvalue weighted by molar-refractivity contribution is -0.782. The number of rotatable bonds is 5. The number of nitrogens with zero attached hydrogens (tertiary/aromatic N) is 3. The second-order valence-electron chi connectivity index (χ2n) is 5.26. The monoisotopic (exact) mass is 295 g/mol. The van der Waals surface area contributed by atoms with Gasteiger partial charge >= 0.3 is 0 Å². The van der Waals surface area contributed by atoms with Gasteiger partial charge < -0.3 is 5.21 Å². The minimum absolute atomic E-state index is 0.439. The third-order valence-corrected chi connectivity index (χ3v) is 3.43. The first-order valence-electron chi connectivity index (χ1n) is 7.11. The molecule has 1 heterocycles. The molecule has 1 aromatic heterocycles. The zero-order chi connectivity index (χ0) is 15.4. The number of likely N-dealkylation sites (N-methyl/N-ethyl adjacent to an activating group) is 1. The quantitative estimate of drug-likeness (QED) is 0.679. The number of hydrogen-bond donors (Lipinski definition) is 0. The highest BCUT2D eigenvalue weighted by Gasteiger charge is 2.10. The number of aromatic nitrogens is 2. The highest BCUT2D eigenvalue weighted by molar-refractivity contribution is 5.70. The van der Waals surface area contributed by atoms with Gasteiger partial charge in [0.15, 0.2) is 0 Å². The van der Waals surface area contributed by atoms with Crippen LogP contribution in [0.1, 0.15) is 11.1 Å². The van der Waals surface area contributed by atoms with Crippen LogP contribution in [0.5, 0.6) is 0 Å². The van der Waals surface area contributed by atoms with Crippen LogP contribution in [0.3, 0.4) is 0 Å². The van der Waals surface area contributed by atoms with Gasteiger partial charge in [-0.2, -0.15) is 0 Å². The van der Waals surface area contributed by atoms with E-state index in [4.69, 9.17) is 0 Å². The molecule has 0 radical (unpaired) electrons. The highest BCUT2D eigenvalue weighted by Crippen LogP contribution is 2.12. The normalized spacial score (nSPS) is 11.7. The van der Waals surface area contributed by atoms with E-state index in [-0.39, 0.29) is 0 Å². The predicted molar refractivity (Wildman–Crippen MR) is 84.8 cm³/mol. The predicted octanol–water partition coefficient (Wildman–Crippen LogP) is 2.61. The van der Waals surface area contributed by atoms with Gasteiger partial charge in [-0.3, -0.25) is 9.53 Å². The Morgan fingerprint density at radius 2 is 2.05 bits per heavy atom. The summed E-state index contributed by atoms with van der Waals surface area (Å²) in [6, 6.07) is 15.8. The van der Waals surface area contributed by atoms with Crippen molar-refractivity contribution in [2.24, 2.45) is 0 Å². The minimum atomic E-state index is 0.439. The van der Waals surface area contributed by atoms with Gasteiger partial charge in [0.2, 0.25) is 11.0 Å². The van der Waals surface area contributed by atoms with E-state index in [0.717, 1.165) is 18.7 Å². The van der Waals surface area contributed by atoms with Crippen LogP contribution < -0.4 is 4.90 Å². The van der Waals surface area contributed by atoms with Crippen molar-refractivity contribution in [2.45, 2.75) is 6.54 Å². The summed E-state index contributed by atoms with van der Waals surface area (Å²) >= 11 is 0. The van der Waals surface area contributed by atoms with Crippen molar-refractivity contribution in [1.82, 2.24) is 10.1 Å². The van der Waals surface area contributed by atoms with Crippen LogP contribution in [0.15, 0.2) is 59.2 Å². The maximum Gasteiger partial charge on any atom is 0.248 e. The Balaban J connectivity index is 1.61. The average molecular weight is 295 g/mol. The molecule has 5 heteroatoms. The minimum Gasteiger partial charge on any atom is -0.359 e. The molecular weight excluding hydrogens is 278 g/mol. The first kappa shape index (κ1) is 14.3. The van der Waals surface area contributed by atoms with Crippen molar-refractivity contribution in [3.05, 3.63) is 70.9 Å². The Kier molecular flexibility index (Phi) is 4.16. The maximum absolute atomic E-state index is 11.4. The molecule has 22 heavy (non-hydrogen) atoms. The number of fused-ring (bicyclic) bond motifs is 1. The smallest absolute Gasteiger partial charge is 0.248 e. The van der Waals surface area contributed by atoms with Gasteiger partial charge in [-0.05, 0) is 35.2 Å². The molecule has 5 nitrogen and oxygen atoms in total. The molecule has 0 atom stereocenters. The first-order chi connectivity index (χ1) is 10.7. The van der Waals surface area contributed by atoms with Gasteiger partial charge in [-0.1, -0.05) is 48.6 Å². The summed E-state index contributed by atoms with van der Waals surface area (Å²) in [6.07, 6.45) is 4.23. The molecule has 0 aliphatic carbocycles. The largest absolute Gasteiger partial charge is 0.359 e.